The van der Waals surface area contributed by atoms with E-state index in [1.54, 1.807) is 6.08 Å². The number of thiazole rings is 1. The topological polar surface area (TPSA) is 68.3 Å². The van der Waals surface area contributed by atoms with Crippen molar-refractivity contribution in [1.29, 1.82) is 0 Å². The van der Waals surface area contributed by atoms with E-state index in [9.17, 15) is 9.59 Å². The molecular formula is C22H20N2O3S. The standard InChI is InChI=1S/C22H20N2O3S/c25-20(23-17-10-5-7-15-6-1-2-8-16(15)17)14-27-22(26)13-12-21-24-18-9-3-4-11-19(18)28-21/h1-4,6,8-9,11-13,17H,5,7,10,14H2,(H,23,25)/b13-12+. The minimum absolute atomic E-state index is 0.0190. The molecule has 28 heavy (non-hydrogen) atoms. The van der Waals surface area contributed by atoms with Crippen LogP contribution in [0.3, 0.4) is 0 Å². The molecule has 1 N–H and O–H groups in total. The highest BCUT2D eigenvalue weighted by Gasteiger charge is 2.21. The molecule has 1 amide bonds. The van der Waals surface area contributed by atoms with E-state index in [2.05, 4.69) is 16.4 Å². The monoisotopic (exact) mass is 392 g/mol. The Balaban J connectivity index is 1.29. The molecule has 0 fully saturated rings. The van der Waals surface area contributed by atoms with Gasteiger partial charge in [0.25, 0.3) is 5.91 Å². The number of hydrogen-bond acceptors (Lipinski definition) is 5. The quantitative estimate of drug-likeness (QED) is 0.525. The molecule has 4 rings (SSSR count). The molecule has 1 heterocycles. The zero-order valence-corrected chi connectivity index (χ0v) is 16.1. The maximum Gasteiger partial charge on any atom is 0.331 e. The summed E-state index contributed by atoms with van der Waals surface area (Å²) in [6, 6.07) is 15.9. The van der Waals surface area contributed by atoms with Gasteiger partial charge >= 0.3 is 5.97 Å². The highest BCUT2D eigenvalue weighted by Crippen LogP contribution is 2.29. The second-order valence-corrected chi connectivity index (χ2v) is 7.73. The zero-order valence-electron chi connectivity index (χ0n) is 15.3. The molecule has 3 aromatic rings. The Bertz CT molecular complexity index is 1010. The van der Waals surface area contributed by atoms with Gasteiger partial charge in [-0.3, -0.25) is 4.79 Å². The van der Waals surface area contributed by atoms with Crippen LogP contribution in [0.2, 0.25) is 0 Å². The van der Waals surface area contributed by atoms with Crippen LogP contribution in [0.4, 0.5) is 0 Å². The molecule has 1 aliphatic rings. The average Bonchev–Trinajstić information content (AvgIpc) is 3.14. The smallest absolute Gasteiger partial charge is 0.331 e. The second-order valence-electron chi connectivity index (χ2n) is 6.67. The lowest BCUT2D eigenvalue weighted by molar-refractivity contribution is -0.144. The Morgan fingerprint density at radius 2 is 2.00 bits per heavy atom. The lowest BCUT2D eigenvalue weighted by atomic mass is 9.88. The molecule has 1 aromatic heterocycles. The number of nitrogens with one attached hydrogen (secondary N) is 1. The molecule has 1 aliphatic carbocycles. The third-order valence-electron chi connectivity index (χ3n) is 4.72. The Hall–Kier alpha value is -2.99. The molecule has 0 aliphatic heterocycles. The lowest BCUT2D eigenvalue weighted by Gasteiger charge is -2.26. The number of para-hydroxylation sites is 1. The number of esters is 1. The first kappa shape index (κ1) is 18.4. The van der Waals surface area contributed by atoms with Gasteiger partial charge in [0.1, 0.15) is 5.01 Å². The van der Waals surface area contributed by atoms with Crippen LogP contribution in [0.5, 0.6) is 0 Å². The lowest BCUT2D eigenvalue weighted by Crippen LogP contribution is -2.34. The van der Waals surface area contributed by atoms with Crippen LogP contribution < -0.4 is 5.32 Å². The van der Waals surface area contributed by atoms with Crippen molar-refractivity contribution in [3.63, 3.8) is 0 Å². The van der Waals surface area contributed by atoms with Crippen LogP contribution >= 0.6 is 11.3 Å². The molecule has 0 bridgehead atoms. The first-order valence-electron chi connectivity index (χ1n) is 9.26. The summed E-state index contributed by atoms with van der Waals surface area (Å²) in [5.41, 5.74) is 3.33. The molecule has 0 saturated carbocycles. The minimum atomic E-state index is -0.557. The van der Waals surface area contributed by atoms with Crippen molar-refractivity contribution in [2.45, 2.75) is 25.3 Å². The summed E-state index contributed by atoms with van der Waals surface area (Å²) in [6.07, 6.45) is 5.89. The third kappa shape index (κ3) is 4.28. The number of fused-ring (bicyclic) bond motifs is 2. The van der Waals surface area contributed by atoms with E-state index in [1.807, 2.05) is 42.5 Å². The first-order chi connectivity index (χ1) is 13.7. The fourth-order valence-electron chi connectivity index (χ4n) is 3.43. The average molecular weight is 392 g/mol. The summed E-state index contributed by atoms with van der Waals surface area (Å²) in [7, 11) is 0. The van der Waals surface area contributed by atoms with E-state index in [1.165, 1.54) is 23.0 Å². The van der Waals surface area contributed by atoms with E-state index in [4.69, 9.17) is 4.74 Å². The first-order valence-corrected chi connectivity index (χ1v) is 10.1. The van der Waals surface area contributed by atoms with Crippen LogP contribution in [0.1, 0.15) is 35.0 Å². The van der Waals surface area contributed by atoms with Crippen molar-refractivity contribution in [2.24, 2.45) is 0 Å². The predicted octanol–water partition coefficient (Wildman–Crippen LogP) is 4.05. The highest BCUT2D eigenvalue weighted by molar-refractivity contribution is 7.19. The summed E-state index contributed by atoms with van der Waals surface area (Å²) in [4.78, 5) is 28.5. The van der Waals surface area contributed by atoms with Crippen molar-refractivity contribution < 1.29 is 14.3 Å². The molecule has 2 aromatic carbocycles. The van der Waals surface area contributed by atoms with Gasteiger partial charge in [0.05, 0.1) is 16.3 Å². The van der Waals surface area contributed by atoms with E-state index in [0.717, 1.165) is 40.1 Å². The van der Waals surface area contributed by atoms with Gasteiger partial charge in [-0.05, 0) is 48.6 Å². The predicted molar refractivity (Wildman–Crippen MR) is 110 cm³/mol. The Labute approximate surface area is 167 Å². The van der Waals surface area contributed by atoms with Crippen molar-refractivity contribution in [2.75, 3.05) is 6.61 Å². The third-order valence-corrected chi connectivity index (χ3v) is 5.72. The molecule has 0 saturated heterocycles. The highest BCUT2D eigenvalue weighted by atomic mass is 32.1. The molecule has 6 heteroatoms. The molecule has 5 nitrogen and oxygen atoms in total. The van der Waals surface area contributed by atoms with E-state index < -0.39 is 5.97 Å². The maximum absolute atomic E-state index is 12.2. The summed E-state index contributed by atoms with van der Waals surface area (Å²) in [5, 5.41) is 3.69. The number of aromatic nitrogens is 1. The number of ether oxygens (including phenoxy) is 1. The normalized spacial score (nSPS) is 16.1. The van der Waals surface area contributed by atoms with Crippen LogP contribution in [0.25, 0.3) is 16.3 Å². The maximum atomic E-state index is 12.2. The van der Waals surface area contributed by atoms with Crippen LogP contribution in [0, 0.1) is 0 Å². The van der Waals surface area contributed by atoms with Gasteiger partial charge in [-0.1, -0.05) is 36.4 Å². The summed E-state index contributed by atoms with van der Waals surface area (Å²) in [6.45, 7) is -0.290. The minimum Gasteiger partial charge on any atom is -0.452 e. The number of rotatable bonds is 5. The van der Waals surface area contributed by atoms with Crippen LogP contribution in [-0.2, 0) is 20.7 Å². The summed E-state index contributed by atoms with van der Waals surface area (Å²) in [5.74, 6) is -0.845. The van der Waals surface area contributed by atoms with Gasteiger partial charge in [-0.25, -0.2) is 9.78 Å². The van der Waals surface area contributed by atoms with Crippen LogP contribution in [0.15, 0.2) is 54.6 Å². The molecular weight excluding hydrogens is 372 g/mol. The number of nitrogens with zero attached hydrogens (tertiary/aromatic N) is 1. The van der Waals surface area contributed by atoms with E-state index in [0.29, 0.717) is 0 Å². The second kappa shape index (κ2) is 8.35. The van der Waals surface area contributed by atoms with Gasteiger partial charge in [-0.2, -0.15) is 0 Å². The van der Waals surface area contributed by atoms with Crippen LogP contribution in [-0.4, -0.2) is 23.5 Å². The van der Waals surface area contributed by atoms with Crippen molar-refractivity contribution >= 4 is 39.5 Å². The van der Waals surface area contributed by atoms with Gasteiger partial charge in [0, 0.05) is 6.08 Å². The number of carbonyl (C=O) groups excluding carboxylic acids is 2. The van der Waals surface area contributed by atoms with Gasteiger partial charge < -0.3 is 10.1 Å². The largest absolute Gasteiger partial charge is 0.452 e. The molecule has 1 unspecified atom stereocenters. The molecule has 0 radical (unpaired) electrons. The Morgan fingerprint density at radius 1 is 1.18 bits per heavy atom. The number of hydrogen-bond donors (Lipinski definition) is 1. The van der Waals surface area contributed by atoms with E-state index in [-0.39, 0.29) is 18.6 Å². The zero-order chi connectivity index (χ0) is 19.3. The molecule has 0 spiro atoms. The van der Waals surface area contributed by atoms with Crippen molar-refractivity contribution in [3.05, 3.63) is 70.7 Å². The number of benzene rings is 2. The van der Waals surface area contributed by atoms with Crippen molar-refractivity contribution in [1.82, 2.24) is 10.3 Å². The van der Waals surface area contributed by atoms with Gasteiger partial charge in [0.15, 0.2) is 6.61 Å². The SMILES string of the molecule is O=C(COC(=O)/C=C/c1nc2ccccc2s1)NC1CCCc2ccccc21. The number of carbonyl (C=O) groups is 2. The Kier molecular flexibility index (Phi) is 5.48. The molecule has 1 atom stereocenters. The molecule has 142 valence electrons. The fraction of sp³-hybridized carbons (Fsp3) is 0.227. The van der Waals surface area contributed by atoms with Crippen molar-refractivity contribution in [3.8, 4) is 0 Å². The Morgan fingerprint density at radius 3 is 2.89 bits per heavy atom. The number of aryl methyl sites for hydroxylation is 1. The summed E-state index contributed by atoms with van der Waals surface area (Å²) >= 11 is 1.50. The van der Waals surface area contributed by atoms with Gasteiger partial charge in [0.2, 0.25) is 0 Å². The fourth-order valence-corrected chi connectivity index (χ4v) is 4.30. The summed E-state index contributed by atoms with van der Waals surface area (Å²) < 4.78 is 6.13. The van der Waals surface area contributed by atoms with Gasteiger partial charge in [-0.15, -0.1) is 11.3 Å². The number of amides is 1. The van der Waals surface area contributed by atoms with E-state index >= 15 is 0 Å².